The van der Waals surface area contributed by atoms with Crippen LogP contribution in [0.2, 0.25) is 0 Å². The summed E-state index contributed by atoms with van der Waals surface area (Å²) in [5, 5.41) is 0. The Bertz CT molecular complexity index is 360. The van der Waals surface area contributed by atoms with Crippen LogP contribution in [-0.2, 0) is 6.54 Å². The van der Waals surface area contributed by atoms with Crippen LogP contribution in [0.3, 0.4) is 0 Å². The highest BCUT2D eigenvalue weighted by Gasteiger charge is 2.20. The fourth-order valence-electron chi connectivity index (χ4n) is 1.91. The Morgan fingerprint density at radius 2 is 2.12 bits per heavy atom. The third kappa shape index (κ3) is 3.14. The van der Waals surface area contributed by atoms with Crippen molar-refractivity contribution in [2.75, 3.05) is 13.1 Å². The Kier molecular flexibility index (Phi) is 4.65. The molecule has 2 N–H and O–H groups in total. The zero-order valence-corrected chi connectivity index (χ0v) is 9.64. The number of hydrogen-bond donors (Lipinski definition) is 1. The van der Waals surface area contributed by atoms with Gasteiger partial charge in [-0.15, -0.1) is 12.4 Å². The lowest BCUT2D eigenvalue weighted by Gasteiger charge is -2.15. The van der Waals surface area contributed by atoms with Gasteiger partial charge in [0.2, 0.25) is 0 Å². The first-order valence-electron chi connectivity index (χ1n) is 5.07. The summed E-state index contributed by atoms with van der Waals surface area (Å²) >= 11 is 0. The van der Waals surface area contributed by atoms with Crippen LogP contribution in [0.25, 0.3) is 0 Å². The van der Waals surface area contributed by atoms with Gasteiger partial charge in [-0.1, -0.05) is 0 Å². The molecule has 1 atom stereocenters. The second-order valence-electron chi connectivity index (χ2n) is 4.02. The number of halogens is 3. The van der Waals surface area contributed by atoms with Crippen molar-refractivity contribution in [2.45, 2.75) is 19.0 Å². The van der Waals surface area contributed by atoms with E-state index < -0.39 is 5.82 Å². The molecule has 2 nitrogen and oxygen atoms in total. The van der Waals surface area contributed by atoms with E-state index in [4.69, 9.17) is 5.73 Å². The Balaban J connectivity index is 0.00000128. The third-order valence-electron chi connectivity index (χ3n) is 2.71. The van der Waals surface area contributed by atoms with E-state index in [0.29, 0.717) is 12.1 Å². The molecule has 0 amide bonds. The van der Waals surface area contributed by atoms with Gasteiger partial charge >= 0.3 is 0 Å². The summed E-state index contributed by atoms with van der Waals surface area (Å²) in [4.78, 5) is 2.04. The van der Waals surface area contributed by atoms with E-state index >= 15 is 0 Å². The van der Waals surface area contributed by atoms with E-state index in [-0.39, 0.29) is 24.3 Å². The smallest absolute Gasteiger partial charge is 0.127 e. The average Bonchev–Trinajstić information content (AvgIpc) is 2.58. The fourth-order valence-corrected chi connectivity index (χ4v) is 1.91. The number of hydrogen-bond acceptors (Lipinski definition) is 2. The van der Waals surface area contributed by atoms with Crippen LogP contribution >= 0.6 is 12.4 Å². The number of nitrogens with two attached hydrogens (primary N) is 1. The van der Waals surface area contributed by atoms with E-state index in [0.717, 1.165) is 25.6 Å². The lowest BCUT2D eigenvalue weighted by atomic mass is 10.2. The highest BCUT2D eigenvalue weighted by Crippen LogP contribution is 2.15. The van der Waals surface area contributed by atoms with Gasteiger partial charge in [-0.05, 0) is 24.6 Å². The van der Waals surface area contributed by atoms with E-state index in [1.807, 2.05) is 4.90 Å². The molecule has 1 aromatic rings. The molecule has 0 radical (unpaired) electrons. The van der Waals surface area contributed by atoms with Crippen molar-refractivity contribution >= 4 is 12.4 Å². The van der Waals surface area contributed by atoms with Crippen LogP contribution < -0.4 is 5.73 Å². The second kappa shape index (κ2) is 5.57. The van der Waals surface area contributed by atoms with Gasteiger partial charge in [0.05, 0.1) is 0 Å². The summed E-state index contributed by atoms with van der Waals surface area (Å²) < 4.78 is 26.2. The molecule has 1 aromatic carbocycles. The summed E-state index contributed by atoms with van der Waals surface area (Å²) in [5.41, 5.74) is 6.14. The van der Waals surface area contributed by atoms with E-state index in [1.165, 1.54) is 12.1 Å². The topological polar surface area (TPSA) is 29.3 Å². The van der Waals surface area contributed by atoms with Gasteiger partial charge in [-0.25, -0.2) is 8.78 Å². The first kappa shape index (κ1) is 13.4. The van der Waals surface area contributed by atoms with Crippen LogP contribution in [-0.4, -0.2) is 24.0 Å². The van der Waals surface area contributed by atoms with Crippen LogP contribution in [0, 0.1) is 11.6 Å². The molecule has 1 aliphatic rings. The van der Waals surface area contributed by atoms with Crippen molar-refractivity contribution in [3.63, 3.8) is 0 Å². The fraction of sp³-hybridized carbons (Fsp3) is 0.455. The maximum atomic E-state index is 13.3. The molecule has 1 unspecified atom stereocenters. The van der Waals surface area contributed by atoms with Gasteiger partial charge in [-0.3, -0.25) is 4.90 Å². The molecule has 0 aromatic heterocycles. The Morgan fingerprint density at radius 1 is 1.38 bits per heavy atom. The lowest BCUT2D eigenvalue weighted by molar-refractivity contribution is 0.320. The molecule has 2 rings (SSSR count). The van der Waals surface area contributed by atoms with Crippen molar-refractivity contribution in [3.8, 4) is 0 Å². The molecule has 1 saturated heterocycles. The second-order valence-corrected chi connectivity index (χ2v) is 4.02. The predicted molar refractivity (Wildman–Crippen MR) is 61.5 cm³/mol. The summed E-state index contributed by atoms with van der Waals surface area (Å²) in [6.07, 6.45) is 0.928. The maximum Gasteiger partial charge on any atom is 0.127 e. The Hall–Kier alpha value is -0.710. The minimum Gasteiger partial charge on any atom is -0.326 e. The van der Waals surface area contributed by atoms with Gasteiger partial charge in [0.25, 0.3) is 0 Å². The molecule has 16 heavy (non-hydrogen) atoms. The van der Waals surface area contributed by atoms with Gasteiger partial charge < -0.3 is 5.73 Å². The van der Waals surface area contributed by atoms with Gasteiger partial charge in [0, 0.05) is 31.2 Å². The first-order chi connectivity index (χ1) is 7.15. The standard InChI is InChI=1S/C11H14F2N2.ClH/c12-9-1-2-11(13)8(5-9)6-15-4-3-10(14)7-15;/h1-2,5,10H,3-4,6-7,14H2;1H. The SMILES string of the molecule is Cl.NC1CCN(Cc2cc(F)ccc2F)C1. The van der Waals surface area contributed by atoms with Crippen LogP contribution in [0.15, 0.2) is 18.2 Å². The number of nitrogens with zero attached hydrogens (tertiary/aromatic N) is 1. The Morgan fingerprint density at radius 3 is 2.75 bits per heavy atom. The summed E-state index contributed by atoms with van der Waals surface area (Å²) in [5.74, 6) is -0.744. The van der Waals surface area contributed by atoms with Crippen molar-refractivity contribution in [1.82, 2.24) is 4.90 Å². The van der Waals surface area contributed by atoms with Crippen molar-refractivity contribution in [2.24, 2.45) is 5.73 Å². The molecule has 1 heterocycles. The Labute approximate surface area is 99.8 Å². The summed E-state index contributed by atoms with van der Waals surface area (Å²) in [7, 11) is 0. The number of benzene rings is 1. The first-order valence-corrected chi connectivity index (χ1v) is 5.07. The molecule has 0 saturated carbocycles. The monoisotopic (exact) mass is 248 g/mol. The molecular weight excluding hydrogens is 234 g/mol. The molecule has 0 spiro atoms. The molecular formula is C11H15ClF2N2. The highest BCUT2D eigenvalue weighted by atomic mass is 35.5. The molecule has 5 heteroatoms. The van der Waals surface area contributed by atoms with E-state index in [9.17, 15) is 8.78 Å². The van der Waals surface area contributed by atoms with E-state index in [2.05, 4.69) is 0 Å². The summed E-state index contributed by atoms with van der Waals surface area (Å²) in [6.45, 7) is 2.06. The normalized spacial score (nSPS) is 20.8. The van der Waals surface area contributed by atoms with E-state index in [1.54, 1.807) is 0 Å². The number of likely N-dealkylation sites (tertiary alicyclic amines) is 1. The molecule has 0 aliphatic carbocycles. The summed E-state index contributed by atoms with van der Waals surface area (Å²) in [6, 6.07) is 3.72. The molecule has 1 fully saturated rings. The zero-order valence-electron chi connectivity index (χ0n) is 8.83. The van der Waals surface area contributed by atoms with Crippen LogP contribution in [0.5, 0.6) is 0 Å². The van der Waals surface area contributed by atoms with Crippen LogP contribution in [0.1, 0.15) is 12.0 Å². The van der Waals surface area contributed by atoms with Gasteiger partial charge in [-0.2, -0.15) is 0 Å². The minimum absolute atomic E-state index is 0. The van der Waals surface area contributed by atoms with Crippen molar-refractivity contribution in [1.29, 1.82) is 0 Å². The van der Waals surface area contributed by atoms with Gasteiger partial charge in [0.15, 0.2) is 0 Å². The maximum absolute atomic E-state index is 13.3. The average molecular weight is 249 g/mol. The van der Waals surface area contributed by atoms with Gasteiger partial charge in [0.1, 0.15) is 11.6 Å². The highest BCUT2D eigenvalue weighted by molar-refractivity contribution is 5.85. The zero-order chi connectivity index (χ0) is 10.8. The third-order valence-corrected chi connectivity index (χ3v) is 2.71. The largest absolute Gasteiger partial charge is 0.326 e. The lowest BCUT2D eigenvalue weighted by Crippen LogP contribution is -2.26. The predicted octanol–water partition coefficient (Wildman–Crippen LogP) is 1.92. The number of rotatable bonds is 2. The molecule has 90 valence electrons. The minimum atomic E-state index is -0.394. The quantitative estimate of drug-likeness (QED) is 0.867. The van der Waals surface area contributed by atoms with Crippen LogP contribution in [0.4, 0.5) is 8.78 Å². The molecule has 0 bridgehead atoms. The molecule has 1 aliphatic heterocycles. The van der Waals surface area contributed by atoms with Crippen molar-refractivity contribution in [3.05, 3.63) is 35.4 Å². The van der Waals surface area contributed by atoms with Crippen molar-refractivity contribution < 1.29 is 8.78 Å².